The van der Waals surface area contributed by atoms with E-state index in [1.165, 1.54) is 24.1 Å². The first-order valence-corrected chi connectivity index (χ1v) is 6.43. The first-order valence-electron chi connectivity index (χ1n) is 6.43. The van der Waals surface area contributed by atoms with E-state index in [4.69, 9.17) is 0 Å². The molecule has 90 valence electrons. The number of pyridine rings is 1. The Bertz CT molecular complexity index is 279. The Morgan fingerprint density at radius 2 is 2.12 bits per heavy atom. The van der Waals surface area contributed by atoms with Gasteiger partial charge in [-0.15, -0.1) is 0 Å². The van der Waals surface area contributed by atoms with Crippen LogP contribution in [-0.4, -0.2) is 17.6 Å². The molecular weight excluding hydrogens is 196 g/mol. The maximum absolute atomic E-state index is 4.47. The summed E-state index contributed by atoms with van der Waals surface area (Å²) in [6, 6.07) is 4.98. The Kier molecular flexibility index (Phi) is 6.09. The molecule has 0 bridgehead atoms. The van der Waals surface area contributed by atoms with Gasteiger partial charge in [-0.3, -0.25) is 4.98 Å². The zero-order valence-corrected chi connectivity index (χ0v) is 10.8. The summed E-state index contributed by atoms with van der Waals surface area (Å²) >= 11 is 0. The molecule has 1 heterocycles. The van der Waals surface area contributed by atoms with Gasteiger partial charge >= 0.3 is 0 Å². The topological polar surface area (TPSA) is 24.9 Å². The average Bonchev–Trinajstić information content (AvgIpc) is 2.30. The van der Waals surface area contributed by atoms with E-state index in [2.05, 4.69) is 43.2 Å². The van der Waals surface area contributed by atoms with Crippen LogP contribution >= 0.6 is 0 Å². The molecule has 1 aromatic heterocycles. The predicted octanol–water partition coefficient (Wildman–Crippen LogP) is 2.96. The number of aryl methyl sites for hydroxylation is 2. The number of hydrogen-bond acceptors (Lipinski definition) is 2. The van der Waals surface area contributed by atoms with Gasteiger partial charge in [0.2, 0.25) is 0 Å². The second kappa shape index (κ2) is 7.39. The van der Waals surface area contributed by atoms with E-state index in [1.807, 2.05) is 6.20 Å². The monoisotopic (exact) mass is 220 g/mol. The van der Waals surface area contributed by atoms with Crippen LogP contribution in [0.5, 0.6) is 0 Å². The molecule has 0 saturated heterocycles. The van der Waals surface area contributed by atoms with Crippen molar-refractivity contribution >= 4 is 0 Å². The van der Waals surface area contributed by atoms with Crippen LogP contribution in [0.1, 0.15) is 44.9 Å². The van der Waals surface area contributed by atoms with E-state index in [9.17, 15) is 0 Å². The summed E-state index contributed by atoms with van der Waals surface area (Å²) in [5.74, 6) is 0. The zero-order chi connectivity index (χ0) is 11.8. The van der Waals surface area contributed by atoms with Crippen molar-refractivity contribution in [3.8, 4) is 0 Å². The third-order valence-corrected chi connectivity index (χ3v) is 2.92. The maximum Gasteiger partial charge on any atom is 0.0403 e. The van der Waals surface area contributed by atoms with Crippen LogP contribution in [0, 0.1) is 0 Å². The quantitative estimate of drug-likeness (QED) is 0.764. The third kappa shape index (κ3) is 4.75. The summed E-state index contributed by atoms with van der Waals surface area (Å²) in [5.41, 5.74) is 2.55. The van der Waals surface area contributed by atoms with Crippen LogP contribution in [0.2, 0.25) is 0 Å². The lowest BCUT2D eigenvalue weighted by Crippen LogP contribution is -2.25. The van der Waals surface area contributed by atoms with Crippen LogP contribution in [0.4, 0.5) is 0 Å². The fourth-order valence-electron chi connectivity index (χ4n) is 1.85. The minimum absolute atomic E-state index is 0.625. The molecule has 1 aromatic rings. The van der Waals surface area contributed by atoms with E-state index in [-0.39, 0.29) is 0 Å². The molecular formula is C14H24N2. The number of hydrogen-bond donors (Lipinski definition) is 1. The summed E-state index contributed by atoms with van der Waals surface area (Å²) in [7, 11) is 0. The van der Waals surface area contributed by atoms with Crippen molar-refractivity contribution in [3.63, 3.8) is 0 Å². The lowest BCUT2D eigenvalue weighted by atomic mass is 10.1. The van der Waals surface area contributed by atoms with Crippen molar-refractivity contribution < 1.29 is 0 Å². The van der Waals surface area contributed by atoms with Crippen molar-refractivity contribution in [2.75, 3.05) is 6.54 Å². The van der Waals surface area contributed by atoms with Crippen LogP contribution < -0.4 is 5.32 Å². The van der Waals surface area contributed by atoms with Gasteiger partial charge in [0.15, 0.2) is 0 Å². The normalized spacial score (nSPS) is 12.7. The highest BCUT2D eigenvalue weighted by Crippen LogP contribution is 2.06. The molecule has 1 N–H and O–H groups in total. The smallest absolute Gasteiger partial charge is 0.0403 e. The highest BCUT2D eigenvalue weighted by atomic mass is 14.9. The number of rotatable bonds is 7. The van der Waals surface area contributed by atoms with Crippen molar-refractivity contribution in [3.05, 3.63) is 29.6 Å². The molecule has 0 amide bonds. The van der Waals surface area contributed by atoms with Crippen LogP contribution in [0.15, 0.2) is 18.3 Å². The molecule has 16 heavy (non-hydrogen) atoms. The van der Waals surface area contributed by atoms with Gasteiger partial charge in [0.1, 0.15) is 0 Å². The minimum atomic E-state index is 0.625. The van der Waals surface area contributed by atoms with Gasteiger partial charge in [-0.1, -0.05) is 19.9 Å². The summed E-state index contributed by atoms with van der Waals surface area (Å²) in [6.45, 7) is 7.62. The molecule has 0 aliphatic rings. The second-order valence-corrected chi connectivity index (χ2v) is 4.36. The molecule has 0 radical (unpaired) electrons. The number of nitrogens with zero attached hydrogens (tertiary/aromatic N) is 1. The molecule has 0 aliphatic carbocycles. The van der Waals surface area contributed by atoms with Crippen LogP contribution in [0.25, 0.3) is 0 Å². The Morgan fingerprint density at radius 1 is 1.31 bits per heavy atom. The average molecular weight is 220 g/mol. The summed E-state index contributed by atoms with van der Waals surface area (Å²) in [4.78, 5) is 4.47. The molecule has 0 saturated carbocycles. The lowest BCUT2D eigenvalue weighted by molar-refractivity contribution is 0.511. The fourth-order valence-corrected chi connectivity index (χ4v) is 1.85. The van der Waals surface area contributed by atoms with Crippen molar-refractivity contribution in [1.29, 1.82) is 0 Å². The predicted molar refractivity (Wildman–Crippen MR) is 69.7 cm³/mol. The highest BCUT2D eigenvalue weighted by Gasteiger charge is 2.00. The highest BCUT2D eigenvalue weighted by molar-refractivity contribution is 5.13. The number of nitrogens with one attached hydrogen (secondary N) is 1. The van der Waals surface area contributed by atoms with Crippen molar-refractivity contribution in [1.82, 2.24) is 10.3 Å². The Hall–Kier alpha value is -0.890. The minimum Gasteiger partial charge on any atom is -0.315 e. The van der Waals surface area contributed by atoms with E-state index in [1.54, 1.807) is 0 Å². The summed E-state index contributed by atoms with van der Waals surface area (Å²) in [6.07, 6.45) is 6.62. The molecule has 2 heteroatoms. The lowest BCUT2D eigenvalue weighted by Gasteiger charge is -2.11. The molecule has 0 aliphatic heterocycles. The largest absolute Gasteiger partial charge is 0.315 e. The van der Waals surface area contributed by atoms with E-state index in [0.717, 1.165) is 19.4 Å². The Balaban J connectivity index is 2.26. The van der Waals surface area contributed by atoms with Crippen molar-refractivity contribution in [2.45, 2.75) is 52.5 Å². The number of aromatic nitrogens is 1. The van der Waals surface area contributed by atoms with Gasteiger partial charge < -0.3 is 5.32 Å². The van der Waals surface area contributed by atoms with Gasteiger partial charge in [-0.05, 0) is 50.8 Å². The SMILES string of the molecule is CCNC(C)CCCc1ccc(CC)cn1. The molecule has 0 aromatic carbocycles. The van der Waals surface area contributed by atoms with Gasteiger partial charge in [0.05, 0.1) is 0 Å². The van der Waals surface area contributed by atoms with Gasteiger partial charge in [-0.2, -0.15) is 0 Å². The Morgan fingerprint density at radius 3 is 2.69 bits per heavy atom. The van der Waals surface area contributed by atoms with Gasteiger partial charge in [0, 0.05) is 17.9 Å². The molecule has 1 rings (SSSR count). The molecule has 0 spiro atoms. The van der Waals surface area contributed by atoms with Gasteiger partial charge in [-0.25, -0.2) is 0 Å². The van der Waals surface area contributed by atoms with E-state index in [0.29, 0.717) is 6.04 Å². The first-order chi connectivity index (χ1) is 7.76. The molecule has 2 nitrogen and oxygen atoms in total. The van der Waals surface area contributed by atoms with Crippen molar-refractivity contribution in [2.24, 2.45) is 0 Å². The first kappa shape index (κ1) is 13.2. The molecule has 1 unspecified atom stereocenters. The summed E-state index contributed by atoms with van der Waals surface area (Å²) in [5, 5.41) is 3.43. The van der Waals surface area contributed by atoms with Crippen LogP contribution in [0.3, 0.4) is 0 Å². The standard InChI is InChI=1S/C14H24N2/c1-4-13-9-10-14(16-11-13)8-6-7-12(3)15-5-2/h9-12,15H,4-8H2,1-3H3. The zero-order valence-electron chi connectivity index (χ0n) is 10.8. The van der Waals surface area contributed by atoms with Gasteiger partial charge in [0.25, 0.3) is 0 Å². The third-order valence-electron chi connectivity index (χ3n) is 2.92. The molecule has 0 fully saturated rings. The van der Waals surface area contributed by atoms with Crippen LogP contribution in [-0.2, 0) is 12.8 Å². The Labute approximate surface area is 99.5 Å². The van der Waals surface area contributed by atoms with E-state index < -0.39 is 0 Å². The summed E-state index contributed by atoms with van der Waals surface area (Å²) < 4.78 is 0. The van der Waals surface area contributed by atoms with E-state index >= 15 is 0 Å². The molecule has 1 atom stereocenters. The fraction of sp³-hybridized carbons (Fsp3) is 0.643. The second-order valence-electron chi connectivity index (χ2n) is 4.36. The maximum atomic E-state index is 4.47.